The molecule has 7 nitrogen and oxygen atoms in total. The quantitative estimate of drug-likeness (QED) is 0.759. The van der Waals surface area contributed by atoms with Crippen molar-refractivity contribution in [2.75, 3.05) is 0 Å². The summed E-state index contributed by atoms with van der Waals surface area (Å²) in [5.41, 5.74) is 3.96. The minimum Gasteiger partial charge on any atom is -0.345 e. The number of nitrogens with zero attached hydrogens (tertiary/aromatic N) is 4. The third-order valence-corrected chi connectivity index (χ3v) is 4.89. The van der Waals surface area contributed by atoms with Crippen molar-refractivity contribution in [3.05, 3.63) is 52.6 Å². The third-order valence-electron chi connectivity index (χ3n) is 4.89. The van der Waals surface area contributed by atoms with Crippen LogP contribution in [0.25, 0.3) is 11.5 Å². The van der Waals surface area contributed by atoms with Crippen LogP contribution in [0.2, 0.25) is 0 Å². The van der Waals surface area contributed by atoms with E-state index in [0.717, 1.165) is 29.7 Å². The van der Waals surface area contributed by atoms with Crippen molar-refractivity contribution in [1.29, 1.82) is 0 Å². The van der Waals surface area contributed by atoms with E-state index in [-0.39, 0.29) is 17.8 Å². The number of rotatable bonds is 4. The molecule has 1 amide bonds. The van der Waals surface area contributed by atoms with Crippen molar-refractivity contribution in [3.63, 3.8) is 0 Å². The lowest BCUT2D eigenvalue weighted by atomic mass is 10.0. The maximum atomic E-state index is 12.6. The number of carbonyl (C=O) groups excluding carboxylic acids is 1. The zero-order chi connectivity index (χ0) is 19.1. The Morgan fingerprint density at radius 1 is 1.41 bits per heavy atom. The molecule has 2 heterocycles. The van der Waals surface area contributed by atoms with Crippen molar-refractivity contribution in [2.24, 2.45) is 7.05 Å². The van der Waals surface area contributed by atoms with Crippen LogP contribution in [0.1, 0.15) is 51.9 Å². The fourth-order valence-electron chi connectivity index (χ4n) is 3.30. The average Bonchev–Trinajstić information content (AvgIpc) is 3.35. The van der Waals surface area contributed by atoms with E-state index in [2.05, 4.69) is 20.6 Å². The van der Waals surface area contributed by atoms with Crippen LogP contribution in [0.5, 0.6) is 0 Å². The second-order valence-electron chi connectivity index (χ2n) is 6.50. The van der Waals surface area contributed by atoms with Gasteiger partial charge in [0.15, 0.2) is 0 Å². The number of fused-ring (bicyclic) bond motifs is 1. The van der Waals surface area contributed by atoms with Crippen LogP contribution in [0.3, 0.4) is 0 Å². The second kappa shape index (κ2) is 6.57. The lowest BCUT2D eigenvalue weighted by Gasteiger charge is -2.14. The fourth-order valence-corrected chi connectivity index (χ4v) is 3.30. The summed E-state index contributed by atoms with van der Waals surface area (Å²) in [4.78, 5) is 16.2. The molecule has 9 heteroatoms. The van der Waals surface area contributed by atoms with Gasteiger partial charge in [-0.15, -0.1) is 0 Å². The first kappa shape index (κ1) is 17.3. The van der Waals surface area contributed by atoms with Crippen LogP contribution in [0.15, 0.2) is 28.9 Å². The molecule has 0 fully saturated rings. The molecule has 1 unspecified atom stereocenters. The summed E-state index contributed by atoms with van der Waals surface area (Å²) in [6, 6.07) is 5.34. The van der Waals surface area contributed by atoms with Gasteiger partial charge in [-0.1, -0.05) is 11.2 Å². The maximum absolute atomic E-state index is 12.6. The van der Waals surface area contributed by atoms with E-state index in [9.17, 15) is 13.6 Å². The molecule has 2 aromatic heterocycles. The Kier molecular flexibility index (Phi) is 4.21. The smallest absolute Gasteiger partial charge is 0.300 e. The van der Waals surface area contributed by atoms with Gasteiger partial charge in [0.1, 0.15) is 0 Å². The molecule has 4 rings (SSSR count). The number of halogens is 2. The van der Waals surface area contributed by atoms with Gasteiger partial charge in [-0.05, 0) is 43.0 Å². The number of hydrogen-bond acceptors (Lipinski definition) is 5. The number of benzene rings is 1. The van der Waals surface area contributed by atoms with Crippen LogP contribution in [-0.4, -0.2) is 25.8 Å². The van der Waals surface area contributed by atoms with Crippen molar-refractivity contribution >= 4 is 5.91 Å². The zero-order valence-electron chi connectivity index (χ0n) is 14.7. The van der Waals surface area contributed by atoms with Crippen molar-refractivity contribution < 1.29 is 18.1 Å². The molecule has 0 aliphatic heterocycles. The molecule has 1 aliphatic carbocycles. The van der Waals surface area contributed by atoms with E-state index < -0.39 is 12.2 Å². The van der Waals surface area contributed by atoms with Crippen LogP contribution < -0.4 is 5.32 Å². The van der Waals surface area contributed by atoms with Crippen molar-refractivity contribution in [1.82, 2.24) is 25.2 Å². The van der Waals surface area contributed by atoms with Gasteiger partial charge in [0.05, 0.1) is 17.8 Å². The minimum absolute atomic E-state index is 0.0616. The SMILES string of the molecule is Cc1c(C(=O)NC2CCc3cc(-c4nc(C(F)F)no4)ccc32)cnn1C. The van der Waals surface area contributed by atoms with Crippen LogP contribution in [0.4, 0.5) is 8.78 Å². The van der Waals surface area contributed by atoms with Crippen molar-refractivity contribution in [3.8, 4) is 11.5 Å². The standard InChI is InChI=1S/C18H17F2N5O2/c1-9-13(8-21-25(9)2)17(26)22-14-6-4-10-7-11(3-5-12(10)14)18-23-16(15(19)20)24-27-18/h3,5,7-8,14-15H,4,6H2,1-2H3,(H,22,26). The van der Waals surface area contributed by atoms with Gasteiger partial charge in [-0.25, -0.2) is 8.78 Å². The highest BCUT2D eigenvalue weighted by Gasteiger charge is 2.26. The summed E-state index contributed by atoms with van der Waals surface area (Å²) < 4.78 is 31.8. The van der Waals surface area contributed by atoms with Crippen LogP contribution in [0, 0.1) is 6.92 Å². The van der Waals surface area contributed by atoms with E-state index in [1.165, 1.54) is 0 Å². The largest absolute Gasteiger partial charge is 0.345 e. The number of amides is 1. The number of alkyl halides is 2. The third kappa shape index (κ3) is 3.09. The Hall–Kier alpha value is -3.10. The minimum atomic E-state index is -2.77. The van der Waals surface area contributed by atoms with E-state index in [0.29, 0.717) is 11.1 Å². The Labute approximate surface area is 153 Å². The predicted molar refractivity (Wildman–Crippen MR) is 91.2 cm³/mol. The molecular weight excluding hydrogens is 356 g/mol. The number of aryl methyl sites for hydroxylation is 2. The van der Waals surface area contributed by atoms with Gasteiger partial charge in [0, 0.05) is 18.3 Å². The average molecular weight is 373 g/mol. The Balaban J connectivity index is 1.54. The van der Waals surface area contributed by atoms with Crippen molar-refractivity contribution in [2.45, 2.75) is 32.2 Å². The van der Waals surface area contributed by atoms with Gasteiger partial charge in [0.25, 0.3) is 11.8 Å². The lowest BCUT2D eigenvalue weighted by Crippen LogP contribution is -2.27. The highest BCUT2D eigenvalue weighted by Crippen LogP contribution is 2.34. The van der Waals surface area contributed by atoms with Gasteiger partial charge in [0.2, 0.25) is 5.82 Å². The molecule has 0 saturated heterocycles. The molecule has 0 spiro atoms. The fraction of sp³-hybridized carbons (Fsp3) is 0.333. The van der Waals surface area contributed by atoms with E-state index in [1.807, 2.05) is 19.1 Å². The zero-order valence-corrected chi connectivity index (χ0v) is 14.7. The molecule has 0 saturated carbocycles. The molecule has 1 aromatic carbocycles. The number of hydrogen-bond donors (Lipinski definition) is 1. The molecule has 140 valence electrons. The molecule has 1 N–H and O–H groups in total. The molecule has 0 radical (unpaired) electrons. The molecule has 1 atom stereocenters. The van der Waals surface area contributed by atoms with E-state index in [4.69, 9.17) is 4.52 Å². The summed E-state index contributed by atoms with van der Waals surface area (Å²) >= 11 is 0. The first-order valence-corrected chi connectivity index (χ1v) is 8.48. The molecule has 27 heavy (non-hydrogen) atoms. The van der Waals surface area contributed by atoms with Gasteiger partial charge >= 0.3 is 6.43 Å². The monoisotopic (exact) mass is 373 g/mol. The number of aromatic nitrogens is 4. The van der Waals surface area contributed by atoms with Gasteiger partial charge < -0.3 is 9.84 Å². The second-order valence-corrected chi connectivity index (χ2v) is 6.50. The summed E-state index contributed by atoms with van der Waals surface area (Å²) in [5, 5.41) is 10.4. The predicted octanol–water partition coefficient (Wildman–Crippen LogP) is 3.13. The highest BCUT2D eigenvalue weighted by atomic mass is 19.3. The molecule has 3 aromatic rings. The first-order chi connectivity index (χ1) is 12.9. The topological polar surface area (TPSA) is 85.8 Å². The Morgan fingerprint density at radius 2 is 2.22 bits per heavy atom. The van der Waals surface area contributed by atoms with Crippen LogP contribution >= 0.6 is 0 Å². The van der Waals surface area contributed by atoms with Crippen LogP contribution in [-0.2, 0) is 13.5 Å². The number of nitrogens with one attached hydrogen (secondary N) is 1. The van der Waals surface area contributed by atoms with Gasteiger partial charge in [-0.3, -0.25) is 9.48 Å². The normalized spacial score (nSPS) is 16.0. The van der Waals surface area contributed by atoms with E-state index >= 15 is 0 Å². The maximum Gasteiger partial charge on any atom is 0.300 e. The highest BCUT2D eigenvalue weighted by molar-refractivity contribution is 5.95. The van der Waals surface area contributed by atoms with Gasteiger partial charge in [-0.2, -0.15) is 10.1 Å². The summed E-state index contributed by atoms with van der Waals surface area (Å²) in [5.74, 6) is -0.727. The summed E-state index contributed by atoms with van der Waals surface area (Å²) in [6.45, 7) is 1.84. The molecule has 1 aliphatic rings. The Bertz CT molecular complexity index is 1010. The van der Waals surface area contributed by atoms with E-state index in [1.54, 1.807) is 24.0 Å². The molecular formula is C18H17F2N5O2. The summed E-state index contributed by atoms with van der Waals surface area (Å²) in [6.07, 6.45) is 0.304. The lowest BCUT2D eigenvalue weighted by molar-refractivity contribution is 0.0936. The Morgan fingerprint density at radius 3 is 2.89 bits per heavy atom. The number of carbonyl (C=O) groups is 1. The first-order valence-electron chi connectivity index (χ1n) is 8.48. The molecule has 0 bridgehead atoms. The summed E-state index contributed by atoms with van der Waals surface area (Å²) in [7, 11) is 1.79.